The maximum atomic E-state index is 11.5. The molecular weight excluding hydrogens is 242 g/mol. The maximum Gasteiger partial charge on any atom is 0.326 e. The third-order valence-corrected chi connectivity index (χ3v) is 3.81. The Morgan fingerprint density at radius 2 is 2.18 bits per heavy atom. The average Bonchev–Trinajstić information content (AvgIpc) is 2.46. The van der Waals surface area contributed by atoms with Crippen molar-refractivity contribution >= 4 is 15.9 Å². The topological polar surface area (TPSA) is 95.7 Å². The number of anilines is 1. The lowest BCUT2D eigenvalue weighted by Gasteiger charge is -2.14. The Kier molecular flexibility index (Phi) is 2.62. The number of nitrogens with zero attached hydrogens (tertiary/aromatic N) is 1. The molecule has 6 nitrogen and oxygen atoms in total. The summed E-state index contributed by atoms with van der Waals surface area (Å²) in [6.45, 7) is 2.00. The molecule has 0 aromatic heterocycles. The van der Waals surface area contributed by atoms with Crippen LogP contribution in [-0.2, 0) is 16.8 Å². The van der Waals surface area contributed by atoms with E-state index < -0.39 is 10.2 Å². The Morgan fingerprint density at radius 1 is 1.47 bits per heavy atom. The maximum absolute atomic E-state index is 11.5. The van der Waals surface area contributed by atoms with E-state index in [-0.39, 0.29) is 12.4 Å². The van der Waals surface area contributed by atoms with Crippen molar-refractivity contribution in [1.82, 2.24) is 9.03 Å². The van der Waals surface area contributed by atoms with Crippen LogP contribution in [0.1, 0.15) is 11.1 Å². The second kappa shape index (κ2) is 3.85. The van der Waals surface area contributed by atoms with Crippen LogP contribution >= 0.6 is 0 Å². The van der Waals surface area contributed by atoms with Gasteiger partial charge in [-0.15, -0.1) is 0 Å². The van der Waals surface area contributed by atoms with Crippen molar-refractivity contribution in [1.29, 1.82) is 0 Å². The number of nitrogens with one attached hydrogen (secondary N) is 1. The highest BCUT2D eigenvalue weighted by Gasteiger charge is 2.27. The molecule has 1 aliphatic rings. The van der Waals surface area contributed by atoms with Gasteiger partial charge in [0, 0.05) is 5.69 Å². The number of benzene rings is 1. The lowest BCUT2D eigenvalue weighted by Crippen LogP contribution is -2.29. The van der Waals surface area contributed by atoms with E-state index in [9.17, 15) is 8.42 Å². The molecule has 1 aliphatic heterocycles. The minimum atomic E-state index is -3.66. The summed E-state index contributed by atoms with van der Waals surface area (Å²) in [5.74, 6) is -0.384. The Hall–Kier alpha value is -1.89. The normalized spacial score (nSPS) is 17.7. The molecule has 4 N–H and O–H groups in total. The van der Waals surface area contributed by atoms with E-state index in [0.717, 1.165) is 21.6 Å². The first kappa shape index (κ1) is 11.6. The molecule has 0 amide bonds. The standard InChI is InChI=1S/C10H13N3O3S/c1-7-2-3-8(4-9(7)11)5-13-6-10(14)12-17(13,15)16/h2-4,6,12,14H,5,11H2,1H3. The van der Waals surface area contributed by atoms with Crippen molar-refractivity contribution in [3.05, 3.63) is 41.4 Å². The van der Waals surface area contributed by atoms with E-state index in [1.165, 1.54) is 0 Å². The number of hydrogen-bond donors (Lipinski definition) is 3. The van der Waals surface area contributed by atoms with E-state index in [1.807, 2.05) is 17.7 Å². The van der Waals surface area contributed by atoms with Crippen molar-refractivity contribution in [2.24, 2.45) is 0 Å². The number of aliphatic hydroxyl groups excluding tert-OH is 1. The van der Waals surface area contributed by atoms with Crippen LogP contribution in [0.3, 0.4) is 0 Å². The summed E-state index contributed by atoms with van der Waals surface area (Å²) < 4.78 is 26.0. The lowest BCUT2D eigenvalue weighted by molar-refractivity contribution is 0.390. The van der Waals surface area contributed by atoms with Crippen molar-refractivity contribution in [3.63, 3.8) is 0 Å². The molecule has 0 fully saturated rings. The van der Waals surface area contributed by atoms with Gasteiger partial charge >= 0.3 is 10.2 Å². The van der Waals surface area contributed by atoms with E-state index in [2.05, 4.69) is 0 Å². The van der Waals surface area contributed by atoms with Gasteiger partial charge in [-0.1, -0.05) is 12.1 Å². The van der Waals surface area contributed by atoms with E-state index in [4.69, 9.17) is 10.8 Å². The van der Waals surface area contributed by atoms with Crippen molar-refractivity contribution in [2.75, 3.05) is 5.73 Å². The summed E-state index contributed by atoms with van der Waals surface area (Å²) in [5.41, 5.74) is 8.05. The monoisotopic (exact) mass is 255 g/mol. The van der Waals surface area contributed by atoms with Crippen LogP contribution in [0.4, 0.5) is 5.69 Å². The van der Waals surface area contributed by atoms with Crippen LogP contribution < -0.4 is 10.5 Å². The van der Waals surface area contributed by atoms with Crippen LogP contribution in [0.25, 0.3) is 0 Å². The number of nitrogens with two attached hydrogens (primary N) is 1. The molecule has 0 radical (unpaired) electrons. The molecule has 0 saturated heterocycles. The molecule has 0 bridgehead atoms. The molecule has 7 heteroatoms. The fourth-order valence-electron chi connectivity index (χ4n) is 1.52. The average molecular weight is 255 g/mol. The molecule has 0 aliphatic carbocycles. The predicted molar refractivity (Wildman–Crippen MR) is 63.9 cm³/mol. The second-order valence-corrected chi connectivity index (χ2v) is 5.48. The highest BCUT2D eigenvalue weighted by molar-refractivity contribution is 7.87. The molecule has 1 aromatic rings. The summed E-state index contributed by atoms with van der Waals surface area (Å²) in [5, 5.41) is 9.12. The van der Waals surface area contributed by atoms with Gasteiger partial charge in [0.2, 0.25) is 5.88 Å². The van der Waals surface area contributed by atoms with Crippen LogP contribution in [-0.4, -0.2) is 17.8 Å². The highest BCUT2D eigenvalue weighted by atomic mass is 32.2. The number of nitrogen functional groups attached to an aromatic ring is 1. The zero-order valence-corrected chi connectivity index (χ0v) is 10.0. The minimum absolute atomic E-state index is 0.129. The number of aryl methyl sites for hydroxylation is 1. The zero-order chi connectivity index (χ0) is 12.6. The first-order chi connectivity index (χ1) is 7.88. The number of hydrogen-bond acceptors (Lipinski definition) is 4. The fourth-order valence-corrected chi connectivity index (χ4v) is 2.51. The largest absolute Gasteiger partial charge is 0.493 e. The Bertz CT molecular complexity index is 580. The fraction of sp³-hybridized carbons (Fsp3) is 0.200. The van der Waals surface area contributed by atoms with Crippen LogP contribution in [0.15, 0.2) is 30.3 Å². The van der Waals surface area contributed by atoms with Gasteiger partial charge in [0.1, 0.15) is 0 Å². The first-order valence-electron chi connectivity index (χ1n) is 4.94. The number of rotatable bonds is 2. The summed E-state index contributed by atoms with van der Waals surface area (Å²) in [4.78, 5) is 0. The first-order valence-corrected chi connectivity index (χ1v) is 6.38. The Balaban J connectivity index is 2.24. The zero-order valence-electron chi connectivity index (χ0n) is 9.21. The molecule has 1 aromatic carbocycles. The third kappa shape index (κ3) is 2.28. The van der Waals surface area contributed by atoms with Gasteiger partial charge in [0.15, 0.2) is 0 Å². The Morgan fingerprint density at radius 3 is 2.71 bits per heavy atom. The van der Waals surface area contributed by atoms with E-state index >= 15 is 0 Å². The molecule has 0 unspecified atom stereocenters. The highest BCUT2D eigenvalue weighted by Crippen LogP contribution is 2.18. The van der Waals surface area contributed by atoms with Gasteiger partial charge < -0.3 is 10.8 Å². The van der Waals surface area contributed by atoms with Crippen LogP contribution in [0, 0.1) is 6.92 Å². The van der Waals surface area contributed by atoms with Gasteiger partial charge in [-0.25, -0.2) is 4.72 Å². The van der Waals surface area contributed by atoms with Crippen molar-refractivity contribution < 1.29 is 13.5 Å². The lowest BCUT2D eigenvalue weighted by atomic mass is 10.1. The summed E-state index contributed by atoms with van der Waals surface area (Å²) >= 11 is 0. The molecule has 1 heterocycles. The number of aliphatic hydroxyl groups is 1. The molecule has 0 spiro atoms. The second-order valence-electron chi connectivity index (χ2n) is 3.86. The summed E-state index contributed by atoms with van der Waals surface area (Å²) in [7, 11) is -3.66. The third-order valence-electron chi connectivity index (χ3n) is 2.49. The van der Waals surface area contributed by atoms with Gasteiger partial charge in [-0.2, -0.15) is 8.42 Å². The molecule has 0 saturated carbocycles. The molecule has 2 rings (SSSR count). The predicted octanol–water partition coefficient (Wildman–Crippen LogP) is 0.584. The quantitative estimate of drug-likeness (QED) is 0.674. The summed E-state index contributed by atoms with van der Waals surface area (Å²) in [6, 6.07) is 5.34. The van der Waals surface area contributed by atoms with Gasteiger partial charge in [0.25, 0.3) is 0 Å². The molecular formula is C10H13N3O3S. The van der Waals surface area contributed by atoms with Gasteiger partial charge in [-0.05, 0) is 24.1 Å². The molecule has 92 valence electrons. The Labute approximate surface area is 99.5 Å². The van der Waals surface area contributed by atoms with E-state index in [1.54, 1.807) is 12.1 Å². The smallest absolute Gasteiger partial charge is 0.326 e. The van der Waals surface area contributed by atoms with Gasteiger partial charge in [0.05, 0.1) is 12.7 Å². The van der Waals surface area contributed by atoms with E-state index in [0.29, 0.717) is 5.69 Å². The van der Waals surface area contributed by atoms with Crippen molar-refractivity contribution in [3.8, 4) is 0 Å². The van der Waals surface area contributed by atoms with Crippen molar-refractivity contribution in [2.45, 2.75) is 13.5 Å². The SMILES string of the molecule is Cc1ccc(CN2C=C(O)NS2(=O)=O)cc1N. The van der Waals surface area contributed by atoms with Crippen LogP contribution in [0.5, 0.6) is 0 Å². The minimum Gasteiger partial charge on any atom is -0.493 e. The molecule has 17 heavy (non-hydrogen) atoms. The van der Waals surface area contributed by atoms with Gasteiger partial charge in [-0.3, -0.25) is 4.31 Å². The molecule has 0 atom stereocenters. The summed E-state index contributed by atoms with van der Waals surface area (Å²) in [6.07, 6.45) is 1.13. The van der Waals surface area contributed by atoms with Crippen LogP contribution in [0.2, 0.25) is 0 Å².